The molecule has 0 atom stereocenters. The molecule has 0 amide bonds. The van der Waals surface area contributed by atoms with E-state index in [0.717, 1.165) is 16.7 Å². The van der Waals surface area contributed by atoms with Crippen molar-refractivity contribution in [2.75, 3.05) is 0 Å². The molecule has 0 radical (unpaired) electrons. The van der Waals surface area contributed by atoms with E-state index in [1.165, 1.54) is 10.8 Å². The van der Waals surface area contributed by atoms with Crippen LogP contribution in [0.4, 0.5) is 0 Å². The Kier molecular flexibility index (Phi) is 4.45. The zero-order valence-corrected chi connectivity index (χ0v) is 16.4. The number of hydrogen-bond acceptors (Lipinski definition) is 2. The van der Waals surface area contributed by atoms with Crippen molar-refractivity contribution >= 4 is 23.5 Å². The van der Waals surface area contributed by atoms with Crippen molar-refractivity contribution in [3.63, 3.8) is 0 Å². The summed E-state index contributed by atoms with van der Waals surface area (Å²) in [6.45, 7) is 8.33. The molecule has 27 heavy (non-hydrogen) atoms. The van der Waals surface area contributed by atoms with E-state index < -0.39 is 0 Å². The van der Waals surface area contributed by atoms with Crippen molar-refractivity contribution in [3.05, 3.63) is 89.9 Å². The van der Waals surface area contributed by atoms with Crippen LogP contribution in [0.5, 0.6) is 0 Å². The fourth-order valence-electron chi connectivity index (χ4n) is 3.43. The number of benzene rings is 3. The first kappa shape index (κ1) is 18.0. The summed E-state index contributed by atoms with van der Waals surface area (Å²) < 4.78 is 12.5. The van der Waals surface area contributed by atoms with Crippen LogP contribution in [-0.2, 0) is 9.31 Å². The number of fused-ring (bicyclic) bond motifs is 1. The molecule has 2 nitrogen and oxygen atoms in total. The van der Waals surface area contributed by atoms with Gasteiger partial charge < -0.3 is 9.31 Å². The number of hydrogen-bond donors (Lipinski definition) is 0. The summed E-state index contributed by atoms with van der Waals surface area (Å²) in [5.41, 5.74) is 2.75. The Morgan fingerprint density at radius 2 is 1.30 bits per heavy atom. The molecule has 1 heterocycles. The van der Waals surface area contributed by atoms with Gasteiger partial charge in [-0.25, -0.2) is 0 Å². The van der Waals surface area contributed by atoms with Gasteiger partial charge in [0.25, 0.3) is 0 Å². The fraction of sp³-hybridized carbons (Fsp3) is 0.250. The van der Waals surface area contributed by atoms with Crippen molar-refractivity contribution < 1.29 is 9.31 Å². The largest absolute Gasteiger partial charge is 0.487 e. The quantitative estimate of drug-likeness (QED) is 0.544. The highest BCUT2D eigenvalue weighted by Crippen LogP contribution is 2.38. The smallest absolute Gasteiger partial charge is 0.400 e. The summed E-state index contributed by atoms with van der Waals surface area (Å²) in [5, 5.41) is 2.47. The van der Waals surface area contributed by atoms with E-state index in [1.807, 2.05) is 6.07 Å². The van der Waals surface area contributed by atoms with Crippen LogP contribution in [0.1, 0.15) is 38.8 Å². The lowest BCUT2D eigenvalue weighted by atomic mass is 9.82. The van der Waals surface area contributed by atoms with Crippen molar-refractivity contribution in [3.8, 4) is 0 Å². The minimum Gasteiger partial charge on any atom is -0.400 e. The maximum Gasteiger partial charge on any atom is 0.487 e. The first-order valence-corrected chi connectivity index (χ1v) is 9.48. The average molecular weight is 356 g/mol. The van der Waals surface area contributed by atoms with Gasteiger partial charge in [-0.1, -0.05) is 66.7 Å². The van der Waals surface area contributed by atoms with Gasteiger partial charge in [0.2, 0.25) is 0 Å². The zero-order valence-electron chi connectivity index (χ0n) is 16.4. The van der Waals surface area contributed by atoms with Crippen LogP contribution >= 0.6 is 0 Å². The second kappa shape index (κ2) is 6.67. The summed E-state index contributed by atoms with van der Waals surface area (Å²) >= 11 is 0. The molecule has 3 aromatic rings. The van der Waals surface area contributed by atoms with E-state index in [4.69, 9.17) is 9.31 Å². The molecule has 3 heteroatoms. The number of rotatable bonds is 3. The molecule has 0 N–H and O–H groups in total. The second-order valence-electron chi connectivity index (χ2n) is 8.13. The van der Waals surface area contributed by atoms with Crippen LogP contribution in [-0.4, -0.2) is 18.3 Å². The third-order valence-corrected chi connectivity index (χ3v) is 5.72. The third-order valence-electron chi connectivity index (χ3n) is 5.72. The van der Waals surface area contributed by atoms with Gasteiger partial charge >= 0.3 is 7.12 Å². The molecule has 0 saturated carbocycles. The van der Waals surface area contributed by atoms with Gasteiger partial charge in [-0.15, -0.1) is 0 Å². The molecule has 1 fully saturated rings. The molecule has 1 aliphatic heterocycles. The molecule has 1 saturated heterocycles. The highest BCUT2D eigenvalue weighted by atomic mass is 16.7. The van der Waals surface area contributed by atoms with Gasteiger partial charge in [0, 0.05) is 0 Å². The maximum atomic E-state index is 6.23. The van der Waals surface area contributed by atoms with E-state index in [2.05, 4.69) is 100 Å². The molecule has 0 bridgehead atoms. The van der Waals surface area contributed by atoms with Crippen molar-refractivity contribution in [1.82, 2.24) is 0 Å². The Labute approximate surface area is 162 Å². The standard InChI is InChI=1S/C24H25BO2/c1-23(2)24(3,4)27-25(26-23)17-22(19-11-6-5-7-12-19)21-15-14-18-10-8-9-13-20(18)16-21/h5-17H,1-4H3/b22-17+. The van der Waals surface area contributed by atoms with Crippen LogP contribution in [0.3, 0.4) is 0 Å². The highest BCUT2D eigenvalue weighted by Gasteiger charge is 2.50. The molecule has 0 aliphatic carbocycles. The van der Waals surface area contributed by atoms with Gasteiger partial charge in [-0.05, 0) is 67.2 Å². The van der Waals surface area contributed by atoms with E-state index >= 15 is 0 Å². The van der Waals surface area contributed by atoms with Crippen LogP contribution in [0, 0.1) is 0 Å². The summed E-state index contributed by atoms with van der Waals surface area (Å²) in [6.07, 6.45) is 0. The fourth-order valence-corrected chi connectivity index (χ4v) is 3.43. The summed E-state index contributed by atoms with van der Waals surface area (Å²) in [6, 6.07) is 25.4. The second-order valence-corrected chi connectivity index (χ2v) is 8.13. The predicted octanol–water partition coefficient (Wildman–Crippen LogP) is 5.90. The third kappa shape index (κ3) is 3.45. The van der Waals surface area contributed by atoms with E-state index in [-0.39, 0.29) is 18.3 Å². The summed E-state index contributed by atoms with van der Waals surface area (Å²) in [7, 11) is -0.378. The summed E-state index contributed by atoms with van der Waals surface area (Å²) in [5.74, 6) is 2.11. The Balaban J connectivity index is 1.80. The van der Waals surface area contributed by atoms with Crippen LogP contribution in [0.2, 0.25) is 0 Å². The lowest BCUT2D eigenvalue weighted by Gasteiger charge is -2.32. The molecule has 3 aromatic carbocycles. The van der Waals surface area contributed by atoms with Crippen molar-refractivity contribution in [2.24, 2.45) is 0 Å². The van der Waals surface area contributed by atoms with Gasteiger partial charge in [0.15, 0.2) is 0 Å². The lowest BCUT2D eigenvalue weighted by molar-refractivity contribution is 0.00578. The Hall–Kier alpha value is -2.36. The minimum absolute atomic E-state index is 0.348. The average Bonchev–Trinajstić information content (AvgIpc) is 2.86. The molecule has 1 aliphatic rings. The Bertz CT molecular complexity index is 973. The first-order chi connectivity index (χ1) is 12.9. The van der Waals surface area contributed by atoms with E-state index in [0.29, 0.717) is 0 Å². The Morgan fingerprint density at radius 1 is 0.704 bits per heavy atom. The molecular weight excluding hydrogens is 331 g/mol. The maximum absolute atomic E-state index is 6.23. The first-order valence-electron chi connectivity index (χ1n) is 9.48. The van der Waals surface area contributed by atoms with Crippen LogP contribution < -0.4 is 0 Å². The normalized spacial score (nSPS) is 18.8. The minimum atomic E-state index is -0.378. The molecule has 0 unspecified atom stereocenters. The van der Waals surface area contributed by atoms with Crippen LogP contribution in [0.25, 0.3) is 16.3 Å². The van der Waals surface area contributed by atoms with E-state index in [1.54, 1.807) is 0 Å². The molecule has 0 aromatic heterocycles. The summed E-state index contributed by atoms with van der Waals surface area (Å²) in [4.78, 5) is 0. The van der Waals surface area contributed by atoms with Gasteiger partial charge in [0.1, 0.15) is 0 Å². The molecule has 0 spiro atoms. The van der Waals surface area contributed by atoms with E-state index in [9.17, 15) is 0 Å². The van der Waals surface area contributed by atoms with Gasteiger partial charge in [-0.2, -0.15) is 0 Å². The van der Waals surface area contributed by atoms with Gasteiger partial charge in [-0.3, -0.25) is 0 Å². The highest BCUT2D eigenvalue weighted by molar-refractivity contribution is 6.53. The molecule has 136 valence electrons. The topological polar surface area (TPSA) is 18.5 Å². The van der Waals surface area contributed by atoms with Crippen molar-refractivity contribution in [1.29, 1.82) is 0 Å². The molecular formula is C24H25BO2. The predicted molar refractivity (Wildman–Crippen MR) is 114 cm³/mol. The van der Waals surface area contributed by atoms with Crippen LogP contribution in [0.15, 0.2) is 78.8 Å². The SMILES string of the molecule is CC1(C)OB(/C=C(\c2ccccc2)c2ccc3ccccc3c2)OC1(C)C. The monoisotopic (exact) mass is 356 g/mol. The Morgan fingerprint density at radius 3 is 1.96 bits per heavy atom. The lowest BCUT2D eigenvalue weighted by Crippen LogP contribution is -2.41. The zero-order chi connectivity index (χ0) is 19.1. The van der Waals surface area contributed by atoms with Gasteiger partial charge in [0.05, 0.1) is 11.2 Å². The van der Waals surface area contributed by atoms with Crippen molar-refractivity contribution in [2.45, 2.75) is 38.9 Å². The molecule has 4 rings (SSSR count).